The minimum Gasteiger partial charge on any atom is -0.497 e. The summed E-state index contributed by atoms with van der Waals surface area (Å²) in [4.78, 5) is 15.1. The number of hydrogen-bond donors (Lipinski definition) is 1. The summed E-state index contributed by atoms with van der Waals surface area (Å²) < 4.78 is 10.4. The van der Waals surface area contributed by atoms with Crippen molar-refractivity contribution >= 4 is 17.8 Å². The monoisotopic (exact) mass is 284 g/mol. The number of ether oxygens (including phenoxy) is 2. The highest BCUT2D eigenvalue weighted by molar-refractivity contribution is 5.85. The molecule has 0 aliphatic carbocycles. The third-order valence-corrected chi connectivity index (χ3v) is 2.71. The van der Waals surface area contributed by atoms with E-state index in [1.54, 1.807) is 19.4 Å². The van der Waals surface area contributed by atoms with Crippen molar-refractivity contribution in [2.45, 2.75) is 0 Å². The van der Waals surface area contributed by atoms with Crippen molar-refractivity contribution in [1.82, 2.24) is 0 Å². The van der Waals surface area contributed by atoms with Gasteiger partial charge in [0, 0.05) is 11.8 Å². The van der Waals surface area contributed by atoms with Gasteiger partial charge in [0.2, 0.25) is 0 Å². The van der Waals surface area contributed by atoms with Gasteiger partial charge in [-0.1, -0.05) is 12.1 Å². The quantitative estimate of drug-likeness (QED) is 0.827. The molecule has 21 heavy (non-hydrogen) atoms. The van der Waals surface area contributed by atoms with Crippen molar-refractivity contribution in [2.24, 2.45) is 10.7 Å². The highest BCUT2D eigenvalue weighted by Crippen LogP contribution is 2.20. The average Bonchev–Trinajstić information content (AvgIpc) is 2.52. The van der Waals surface area contributed by atoms with Gasteiger partial charge >= 0.3 is 0 Å². The Morgan fingerprint density at radius 3 is 2.57 bits per heavy atom. The molecule has 0 aliphatic heterocycles. The van der Waals surface area contributed by atoms with Crippen molar-refractivity contribution in [1.29, 1.82) is 0 Å². The van der Waals surface area contributed by atoms with E-state index in [0.717, 1.165) is 17.0 Å². The van der Waals surface area contributed by atoms with E-state index in [4.69, 9.17) is 15.2 Å². The van der Waals surface area contributed by atoms with Gasteiger partial charge in [0.1, 0.15) is 11.5 Å². The topological polar surface area (TPSA) is 73.9 Å². The van der Waals surface area contributed by atoms with Crippen LogP contribution >= 0.6 is 0 Å². The smallest absolute Gasteiger partial charge is 0.255 e. The maximum Gasteiger partial charge on any atom is 0.255 e. The molecule has 5 nitrogen and oxygen atoms in total. The molecule has 2 aromatic carbocycles. The van der Waals surface area contributed by atoms with Gasteiger partial charge in [-0.2, -0.15) is 0 Å². The first-order chi connectivity index (χ1) is 10.2. The van der Waals surface area contributed by atoms with E-state index < -0.39 is 5.91 Å². The normalized spacial score (nSPS) is 10.5. The second-order valence-corrected chi connectivity index (χ2v) is 4.25. The summed E-state index contributed by atoms with van der Waals surface area (Å²) >= 11 is 0. The molecule has 0 spiro atoms. The van der Waals surface area contributed by atoms with Crippen LogP contribution in [-0.4, -0.2) is 25.8 Å². The molecule has 0 bridgehead atoms. The molecule has 0 saturated carbocycles. The predicted molar refractivity (Wildman–Crippen MR) is 81.4 cm³/mol. The zero-order valence-corrected chi connectivity index (χ0v) is 11.7. The molecular formula is C16H16N2O3. The zero-order chi connectivity index (χ0) is 15.1. The van der Waals surface area contributed by atoms with Crippen LogP contribution in [0.4, 0.5) is 5.69 Å². The lowest BCUT2D eigenvalue weighted by atomic mass is 10.2. The molecule has 2 N–H and O–H groups in total. The Labute approximate surface area is 123 Å². The molecule has 2 rings (SSSR count). The van der Waals surface area contributed by atoms with E-state index >= 15 is 0 Å². The van der Waals surface area contributed by atoms with Gasteiger partial charge in [-0.3, -0.25) is 9.79 Å². The van der Waals surface area contributed by atoms with Gasteiger partial charge in [0.25, 0.3) is 5.91 Å². The lowest BCUT2D eigenvalue weighted by Crippen LogP contribution is -2.20. The standard InChI is InChI=1S/C16H16N2O3/c1-20-14-8-6-13(7-9-14)18-10-12-4-2-3-5-15(12)21-11-16(17)19/h2-10H,11H2,1H3,(H2,17,19)/b18-10+. The lowest BCUT2D eigenvalue weighted by Gasteiger charge is -2.06. The maximum atomic E-state index is 10.8. The number of nitrogens with zero attached hydrogens (tertiary/aromatic N) is 1. The molecule has 108 valence electrons. The van der Waals surface area contributed by atoms with Crippen molar-refractivity contribution in [3.8, 4) is 11.5 Å². The Morgan fingerprint density at radius 2 is 1.90 bits per heavy atom. The van der Waals surface area contributed by atoms with Crippen molar-refractivity contribution < 1.29 is 14.3 Å². The molecular weight excluding hydrogens is 268 g/mol. The highest BCUT2D eigenvalue weighted by Gasteiger charge is 2.02. The van der Waals surface area contributed by atoms with E-state index in [0.29, 0.717) is 5.75 Å². The summed E-state index contributed by atoms with van der Waals surface area (Å²) in [6.45, 7) is -0.159. The highest BCUT2D eigenvalue weighted by atomic mass is 16.5. The minimum atomic E-state index is -0.517. The summed E-state index contributed by atoms with van der Waals surface area (Å²) in [7, 11) is 1.62. The molecule has 0 atom stereocenters. The number of nitrogens with two attached hydrogens (primary N) is 1. The van der Waals surface area contributed by atoms with Crippen LogP contribution in [0.3, 0.4) is 0 Å². The third-order valence-electron chi connectivity index (χ3n) is 2.71. The third kappa shape index (κ3) is 4.35. The first-order valence-electron chi connectivity index (χ1n) is 6.37. The van der Waals surface area contributed by atoms with Crippen LogP contribution < -0.4 is 15.2 Å². The number of aliphatic imine (C=N–C) groups is 1. The average molecular weight is 284 g/mol. The van der Waals surface area contributed by atoms with E-state index in [1.807, 2.05) is 42.5 Å². The predicted octanol–water partition coefficient (Wildman–Crippen LogP) is 2.31. The van der Waals surface area contributed by atoms with Crippen LogP contribution in [0.15, 0.2) is 53.5 Å². The largest absolute Gasteiger partial charge is 0.497 e. The van der Waals surface area contributed by atoms with Crippen LogP contribution in [0, 0.1) is 0 Å². The fourth-order valence-corrected chi connectivity index (χ4v) is 1.68. The number of benzene rings is 2. The first-order valence-corrected chi connectivity index (χ1v) is 6.37. The van der Waals surface area contributed by atoms with Crippen LogP contribution in [0.1, 0.15) is 5.56 Å². The van der Waals surface area contributed by atoms with Crippen LogP contribution in [0.2, 0.25) is 0 Å². The van der Waals surface area contributed by atoms with E-state index in [1.165, 1.54) is 0 Å². The fraction of sp³-hybridized carbons (Fsp3) is 0.125. The van der Waals surface area contributed by atoms with Crippen molar-refractivity contribution in [3.63, 3.8) is 0 Å². The summed E-state index contributed by atoms with van der Waals surface area (Å²) in [5, 5.41) is 0. The molecule has 0 unspecified atom stereocenters. The van der Waals surface area contributed by atoms with Gasteiger partial charge < -0.3 is 15.2 Å². The molecule has 0 aliphatic rings. The summed E-state index contributed by atoms with van der Waals surface area (Å²) in [5.74, 6) is 0.824. The second-order valence-electron chi connectivity index (χ2n) is 4.25. The second kappa shape index (κ2) is 7.09. The van der Waals surface area contributed by atoms with Crippen molar-refractivity contribution in [3.05, 3.63) is 54.1 Å². The van der Waals surface area contributed by atoms with Gasteiger partial charge in [-0.25, -0.2) is 0 Å². The minimum absolute atomic E-state index is 0.159. The van der Waals surface area contributed by atoms with E-state index in [2.05, 4.69) is 4.99 Å². The number of carbonyl (C=O) groups excluding carboxylic acids is 1. The van der Waals surface area contributed by atoms with Crippen LogP contribution in [0.5, 0.6) is 11.5 Å². The summed E-state index contributed by atoms with van der Waals surface area (Å²) in [5.41, 5.74) is 6.64. The number of para-hydroxylation sites is 1. The van der Waals surface area contributed by atoms with Gasteiger partial charge in [0.05, 0.1) is 12.8 Å². The molecule has 0 saturated heterocycles. The number of rotatable bonds is 6. The molecule has 5 heteroatoms. The number of methoxy groups -OCH3 is 1. The first kappa shape index (κ1) is 14.6. The van der Waals surface area contributed by atoms with Gasteiger partial charge in [-0.15, -0.1) is 0 Å². The number of amides is 1. The van der Waals surface area contributed by atoms with E-state index in [9.17, 15) is 4.79 Å². The number of carbonyl (C=O) groups is 1. The van der Waals surface area contributed by atoms with Gasteiger partial charge in [-0.05, 0) is 36.4 Å². The SMILES string of the molecule is COc1ccc(/N=C/c2ccccc2OCC(N)=O)cc1. The summed E-state index contributed by atoms with van der Waals surface area (Å²) in [6, 6.07) is 14.7. The Morgan fingerprint density at radius 1 is 1.19 bits per heavy atom. The van der Waals surface area contributed by atoms with E-state index in [-0.39, 0.29) is 6.61 Å². The Hall–Kier alpha value is -2.82. The Kier molecular flexibility index (Phi) is 4.93. The Balaban J connectivity index is 2.13. The number of hydrogen-bond acceptors (Lipinski definition) is 4. The molecule has 2 aromatic rings. The Bertz CT molecular complexity index is 636. The molecule has 0 fully saturated rings. The maximum absolute atomic E-state index is 10.8. The van der Waals surface area contributed by atoms with Crippen LogP contribution in [0.25, 0.3) is 0 Å². The van der Waals surface area contributed by atoms with Gasteiger partial charge in [0.15, 0.2) is 6.61 Å². The molecule has 0 aromatic heterocycles. The lowest BCUT2D eigenvalue weighted by molar-refractivity contribution is -0.119. The summed E-state index contributed by atoms with van der Waals surface area (Å²) in [6.07, 6.45) is 1.68. The zero-order valence-electron chi connectivity index (χ0n) is 11.7. The molecule has 0 heterocycles. The molecule has 1 amide bonds. The number of primary amides is 1. The van der Waals surface area contributed by atoms with Crippen LogP contribution in [-0.2, 0) is 4.79 Å². The fourth-order valence-electron chi connectivity index (χ4n) is 1.68. The van der Waals surface area contributed by atoms with Crippen molar-refractivity contribution in [2.75, 3.05) is 13.7 Å². The molecule has 0 radical (unpaired) electrons.